The molecule has 0 aromatic heterocycles. The van der Waals surface area contributed by atoms with Gasteiger partial charge in [-0.2, -0.15) is 0 Å². The predicted molar refractivity (Wildman–Crippen MR) is 76.3 cm³/mol. The van der Waals surface area contributed by atoms with Gasteiger partial charge >= 0.3 is 0 Å². The molecule has 0 atom stereocenters. The van der Waals surface area contributed by atoms with Gasteiger partial charge in [-0.05, 0) is 42.8 Å². The van der Waals surface area contributed by atoms with E-state index in [9.17, 15) is 4.79 Å². The van der Waals surface area contributed by atoms with E-state index >= 15 is 0 Å². The van der Waals surface area contributed by atoms with Gasteiger partial charge in [0.15, 0.2) is 0 Å². The maximum Gasteiger partial charge on any atom is 0.253 e. The standard InChI is InChI=1S/C13H16N4OS/c1-19-12-4-2-3-10(9-12)13(18)17-7-5-11(6-8-17)15-16-14/h2-4,9,11H,5-8H2,1H3. The van der Waals surface area contributed by atoms with Crippen LogP contribution in [-0.2, 0) is 0 Å². The van der Waals surface area contributed by atoms with Gasteiger partial charge in [0.1, 0.15) is 0 Å². The molecule has 6 heteroatoms. The normalized spacial score (nSPS) is 15.9. The second-order valence-corrected chi connectivity index (χ2v) is 5.34. The molecular formula is C13H16N4OS. The number of piperidine rings is 1. The highest BCUT2D eigenvalue weighted by molar-refractivity contribution is 7.98. The molecule has 100 valence electrons. The summed E-state index contributed by atoms with van der Waals surface area (Å²) in [5, 5.41) is 3.72. The van der Waals surface area contributed by atoms with Gasteiger partial charge in [0.25, 0.3) is 5.91 Å². The van der Waals surface area contributed by atoms with E-state index in [2.05, 4.69) is 10.0 Å². The summed E-state index contributed by atoms with van der Waals surface area (Å²) in [7, 11) is 0. The van der Waals surface area contributed by atoms with Crippen molar-refractivity contribution in [3.8, 4) is 0 Å². The minimum Gasteiger partial charge on any atom is -0.339 e. The number of benzene rings is 1. The fraction of sp³-hybridized carbons (Fsp3) is 0.462. The van der Waals surface area contributed by atoms with E-state index in [1.54, 1.807) is 11.8 Å². The molecule has 0 aliphatic carbocycles. The van der Waals surface area contributed by atoms with Crippen LogP contribution in [0, 0.1) is 0 Å². The number of hydrogen-bond acceptors (Lipinski definition) is 3. The average molecular weight is 276 g/mol. The van der Waals surface area contributed by atoms with E-state index < -0.39 is 0 Å². The molecule has 19 heavy (non-hydrogen) atoms. The summed E-state index contributed by atoms with van der Waals surface area (Å²) >= 11 is 1.63. The Morgan fingerprint density at radius 2 is 2.21 bits per heavy atom. The fourth-order valence-electron chi connectivity index (χ4n) is 2.20. The number of thioether (sulfide) groups is 1. The molecule has 1 aromatic carbocycles. The Bertz CT molecular complexity index is 505. The molecule has 1 saturated heterocycles. The lowest BCUT2D eigenvalue weighted by Crippen LogP contribution is -2.39. The molecule has 0 N–H and O–H groups in total. The van der Waals surface area contributed by atoms with Crippen molar-refractivity contribution in [3.63, 3.8) is 0 Å². The SMILES string of the molecule is CSc1cccc(C(=O)N2CCC(N=[N+]=[N-])CC2)c1. The smallest absolute Gasteiger partial charge is 0.253 e. The van der Waals surface area contributed by atoms with E-state index in [0.717, 1.165) is 23.3 Å². The number of likely N-dealkylation sites (tertiary alicyclic amines) is 1. The van der Waals surface area contributed by atoms with Crippen molar-refractivity contribution in [1.29, 1.82) is 0 Å². The highest BCUT2D eigenvalue weighted by atomic mass is 32.2. The van der Waals surface area contributed by atoms with Crippen LogP contribution in [0.25, 0.3) is 10.4 Å². The van der Waals surface area contributed by atoms with Crippen LogP contribution in [0.3, 0.4) is 0 Å². The Balaban J connectivity index is 2.02. The van der Waals surface area contributed by atoms with E-state index in [4.69, 9.17) is 5.53 Å². The number of rotatable bonds is 3. The number of hydrogen-bond donors (Lipinski definition) is 0. The Morgan fingerprint density at radius 1 is 1.47 bits per heavy atom. The zero-order valence-corrected chi connectivity index (χ0v) is 11.6. The summed E-state index contributed by atoms with van der Waals surface area (Å²) in [5.41, 5.74) is 9.14. The van der Waals surface area contributed by atoms with Crippen molar-refractivity contribution in [2.45, 2.75) is 23.8 Å². The average Bonchev–Trinajstić information content (AvgIpc) is 2.48. The van der Waals surface area contributed by atoms with Crippen molar-refractivity contribution in [1.82, 2.24) is 4.90 Å². The third kappa shape index (κ3) is 3.43. The molecule has 1 heterocycles. The van der Waals surface area contributed by atoms with Gasteiger partial charge in [0.05, 0.1) is 0 Å². The van der Waals surface area contributed by atoms with E-state index in [1.807, 2.05) is 35.4 Å². The topological polar surface area (TPSA) is 69.1 Å². The summed E-state index contributed by atoms with van der Waals surface area (Å²) < 4.78 is 0. The van der Waals surface area contributed by atoms with Crippen LogP contribution in [0.2, 0.25) is 0 Å². The summed E-state index contributed by atoms with van der Waals surface area (Å²) in [5.74, 6) is 0.0651. The highest BCUT2D eigenvalue weighted by Gasteiger charge is 2.22. The van der Waals surface area contributed by atoms with E-state index in [1.165, 1.54) is 0 Å². The third-order valence-corrected chi connectivity index (χ3v) is 4.01. The summed E-state index contributed by atoms with van der Waals surface area (Å²) in [4.78, 5) is 18.1. The van der Waals surface area contributed by atoms with Crippen molar-refractivity contribution < 1.29 is 4.79 Å². The Hall–Kier alpha value is -1.65. The van der Waals surface area contributed by atoms with Gasteiger partial charge in [0, 0.05) is 34.5 Å². The minimum absolute atomic E-state index is 0.0339. The Kier molecular flexibility index (Phi) is 4.71. The van der Waals surface area contributed by atoms with Crippen LogP contribution in [-0.4, -0.2) is 36.2 Å². The van der Waals surface area contributed by atoms with Crippen molar-refractivity contribution in [2.24, 2.45) is 5.11 Å². The maximum absolute atomic E-state index is 12.3. The number of carbonyl (C=O) groups excluding carboxylic acids is 1. The van der Waals surface area contributed by atoms with E-state index in [-0.39, 0.29) is 11.9 Å². The van der Waals surface area contributed by atoms with Gasteiger partial charge in [-0.3, -0.25) is 4.79 Å². The molecule has 1 aromatic rings. The van der Waals surface area contributed by atoms with Crippen LogP contribution >= 0.6 is 11.8 Å². The first-order chi connectivity index (χ1) is 9.24. The molecule has 1 amide bonds. The molecule has 1 fully saturated rings. The molecule has 0 saturated carbocycles. The minimum atomic E-state index is 0.0339. The number of carbonyl (C=O) groups is 1. The van der Waals surface area contributed by atoms with Gasteiger partial charge in [-0.1, -0.05) is 11.2 Å². The molecule has 0 unspecified atom stereocenters. The predicted octanol–water partition coefficient (Wildman–Crippen LogP) is 3.32. The molecule has 0 radical (unpaired) electrons. The maximum atomic E-state index is 12.3. The van der Waals surface area contributed by atoms with Gasteiger partial charge in [-0.25, -0.2) is 0 Å². The molecule has 0 spiro atoms. The third-order valence-electron chi connectivity index (χ3n) is 3.28. The lowest BCUT2D eigenvalue weighted by molar-refractivity contribution is 0.0714. The van der Waals surface area contributed by atoms with Crippen LogP contribution in [0.15, 0.2) is 34.3 Å². The van der Waals surface area contributed by atoms with Crippen molar-refractivity contribution in [2.75, 3.05) is 19.3 Å². The van der Waals surface area contributed by atoms with Gasteiger partial charge < -0.3 is 4.90 Å². The van der Waals surface area contributed by atoms with Gasteiger partial charge in [0.2, 0.25) is 0 Å². The van der Waals surface area contributed by atoms with Crippen LogP contribution in [0.5, 0.6) is 0 Å². The summed E-state index contributed by atoms with van der Waals surface area (Å²) in [6, 6.07) is 7.71. The quantitative estimate of drug-likeness (QED) is 0.368. The van der Waals surface area contributed by atoms with Gasteiger partial charge in [-0.15, -0.1) is 11.8 Å². The van der Waals surface area contributed by atoms with E-state index in [0.29, 0.717) is 13.1 Å². The molecule has 1 aliphatic heterocycles. The molecule has 0 bridgehead atoms. The lowest BCUT2D eigenvalue weighted by atomic mass is 10.0. The zero-order valence-electron chi connectivity index (χ0n) is 10.8. The lowest BCUT2D eigenvalue weighted by Gasteiger charge is -2.30. The largest absolute Gasteiger partial charge is 0.339 e. The summed E-state index contributed by atoms with van der Waals surface area (Å²) in [6.45, 7) is 1.32. The first-order valence-corrected chi connectivity index (χ1v) is 7.44. The summed E-state index contributed by atoms with van der Waals surface area (Å²) in [6.07, 6.45) is 3.49. The van der Waals surface area contributed by atoms with Crippen LogP contribution in [0.1, 0.15) is 23.2 Å². The van der Waals surface area contributed by atoms with Crippen LogP contribution in [0.4, 0.5) is 0 Å². The highest BCUT2D eigenvalue weighted by Crippen LogP contribution is 2.20. The molecule has 1 aliphatic rings. The first kappa shape index (κ1) is 13.8. The Labute approximate surface area is 116 Å². The monoisotopic (exact) mass is 276 g/mol. The fourth-order valence-corrected chi connectivity index (χ4v) is 2.66. The molecule has 2 rings (SSSR count). The zero-order chi connectivity index (χ0) is 13.7. The molecule has 5 nitrogen and oxygen atoms in total. The first-order valence-electron chi connectivity index (χ1n) is 6.22. The number of amides is 1. The molecular weight excluding hydrogens is 260 g/mol. The van der Waals surface area contributed by atoms with Crippen molar-refractivity contribution in [3.05, 3.63) is 40.3 Å². The number of nitrogens with zero attached hydrogens (tertiary/aromatic N) is 4. The second kappa shape index (κ2) is 6.50. The van der Waals surface area contributed by atoms with Crippen molar-refractivity contribution >= 4 is 17.7 Å². The second-order valence-electron chi connectivity index (χ2n) is 4.46. The Morgan fingerprint density at radius 3 is 2.84 bits per heavy atom. The van der Waals surface area contributed by atoms with Crippen LogP contribution < -0.4 is 0 Å². The number of azide groups is 1.